The highest BCUT2D eigenvalue weighted by molar-refractivity contribution is 7.92. The Bertz CT molecular complexity index is 922. The molecule has 0 saturated carbocycles. The molecule has 1 amide bonds. The fraction of sp³-hybridized carbons (Fsp3) is 0.412. The molecular formula is C17H23N5O3S. The van der Waals surface area contributed by atoms with Crippen molar-refractivity contribution in [3.8, 4) is 0 Å². The summed E-state index contributed by atoms with van der Waals surface area (Å²) in [5.41, 5.74) is 2.75. The Kier molecular flexibility index (Phi) is 5.01. The molecule has 1 fully saturated rings. The molecule has 140 valence electrons. The fourth-order valence-electron chi connectivity index (χ4n) is 3.21. The van der Waals surface area contributed by atoms with Crippen LogP contribution < -0.4 is 15.4 Å². The maximum Gasteiger partial charge on any atom is 0.229 e. The van der Waals surface area contributed by atoms with Crippen molar-refractivity contribution < 1.29 is 13.2 Å². The van der Waals surface area contributed by atoms with Crippen molar-refractivity contribution in [1.82, 2.24) is 15.1 Å². The van der Waals surface area contributed by atoms with Crippen LogP contribution in [0.3, 0.4) is 0 Å². The zero-order chi connectivity index (χ0) is 18.9. The number of hydrogen-bond acceptors (Lipinski definition) is 5. The second-order valence-corrected chi connectivity index (χ2v) is 8.48. The van der Waals surface area contributed by atoms with E-state index in [0.29, 0.717) is 24.5 Å². The number of carbonyl (C=O) groups excluding carboxylic acids is 1. The first-order chi connectivity index (χ1) is 12.2. The van der Waals surface area contributed by atoms with Crippen LogP contribution in [0, 0.1) is 12.8 Å². The first kappa shape index (κ1) is 18.4. The van der Waals surface area contributed by atoms with Crippen molar-refractivity contribution in [3.63, 3.8) is 0 Å². The maximum atomic E-state index is 12.9. The lowest BCUT2D eigenvalue weighted by Crippen LogP contribution is -2.28. The number of aromatic nitrogens is 2. The van der Waals surface area contributed by atoms with Gasteiger partial charge in [0.1, 0.15) is 0 Å². The maximum absolute atomic E-state index is 12.9. The molecule has 0 bridgehead atoms. The first-order valence-corrected chi connectivity index (χ1v) is 10.2. The summed E-state index contributed by atoms with van der Waals surface area (Å²) in [4.78, 5) is 12.9. The van der Waals surface area contributed by atoms with E-state index in [9.17, 15) is 13.2 Å². The number of carbonyl (C=O) groups is 1. The summed E-state index contributed by atoms with van der Waals surface area (Å²) < 4.78 is 27.3. The highest BCUT2D eigenvalue weighted by atomic mass is 32.2. The summed E-state index contributed by atoms with van der Waals surface area (Å²) in [6.07, 6.45) is 4.78. The Morgan fingerprint density at radius 3 is 2.73 bits per heavy atom. The number of benzene rings is 1. The highest BCUT2D eigenvalue weighted by Gasteiger charge is 2.35. The van der Waals surface area contributed by atoms with E-state index in [4.69, 9.17) is 0 Å². The smallest absolute Gasteiger partial charge is 0.229 e. The molecule has 3 N–H and O–H groups in total. The Morgan fingerprint density at radius 2 is 2.08 bits per heavy atom. The third-order valence-electron chi connectivity index (χ3n) is 4.43. The topological polar surface area (TPSA) is 105 Å². The number of anilines is 2. The van der Waals surface area contributed by atoms with E-state index in [1.54, 1.807) is 29.1 Å². The minimum atomic E-state index is -3.44. The molecule has 2 atom stereocenters. The molecule has 0 aliphatic carbocycles. The number of nitrogens with one attached hydrogen (secondary N) is 3. The lowest BCUT2D eigenvalue weighted by Gasteiger charge is -2.19. The van der Waals surface area contributed by atoms with Gasteiger partial charge in [-0.1, -0.05) is 6.07 Å². The molecular weight excluding hydrogens is 354 g/mol. The number of sulfonamides is 1. The Balaban J connectivity index is 1.82. The van der Waals surface area contributed by atoms with Gasteiger partial charge in [0, 0.05) is 32.3 Å². The minimum absolute atomic E-state index is 0.0276. The van der Waals surface area contributed by atoms with Crippen LogP contribution in [-0.4, -0.2) is 43.5 Å². The summed E-state index contributed by atoms with van der Waals surface area (Å²) in [7, 11) is -1.60. The highest BCUT2D eigenvalue weighted by Crippen LogP contribution is 2.30. The van der Waals surface area contributed by atoms with Crippen LogP contribution in [0.2, 0.25) is 0 Å². The molecule has 2 aromatic rings. The van der Waals surface area contributed by atoms with Crippen LogP contribution in [0.25, 0.3) is 0 Å². The van der Waals surface area contributed by atoms with Crippen molar-refractivity contribution in [3.05, 3.63) is 41.7 Å². The summed E-state index contributed by atoms with van der Waals surface area (Å²) in [5, 5.41) is 10.3. The van der Waals surface area contributed by atoms with Gasteiger partial charge in [0.25, 0.3) is 0 Å². The molecule has 8 nitrogen and oxygen atoms in total. The number of hydrogen-bond donors (Lipinski definition) is 3. The van der Waals surface area contributed by atoms with Gasteiger partial charge >= 0.3 is 0 Å². The summed E-state index contributed by atoms with van der Waals surface area (Å²) in [6, 6.07) is 5.20. The standard InChI is InChI=1S/C17H23N5O3S/c1-11-4-5-15(21-26(3,24)25)16(6-11)20-17(23)14-9-18-8-13(14)12-7-19-22(2)10-12/h4-7,10,13-14,18,21H,8-9H2,1-3H3,(H,20,23)/t13-,14+/m1/s1. The lowest BCUT2D eigenvalue weighted by atomic mass is 9.90. The first-order valence-electron chi connectivity index (χ1n) is 8.31. The molecule has 1 aromatic carbocycles. The Morgan fingerprint density at radius 1 is 1.31 bits per heavy atom. The molecule has 1 aliphatic heterocycles. The van der Waals surface area contributed by atoms with E-state index in [2.05, 4.69) is 20.5 Å². The van der Waals surface area contributed by atoms with E-state index in [1.807, 2.05) is 20.2 Å². The Labute approximate surface area is 153 Å². The van der Waals surface area contributed by atoms with E-state index >= 15 is 0 Å². The van der Waals surface area contributed by atoms with Crippen LogP contribution in [0.15, 0.2) is 30.6 Å². The van der Waals surface area contributed by atoms with Crippen LogP contribution in [0.4, 0.5) is 11.4 Å². The molecule has 2 heterocycles. The van der Waals surface area contributed by atoms with Crippen LogP contribution >= 0.6 is 0 Å². The van der Waals surface area contributed by atoms with Gasteiger partial charge in [-0.2, -0.15) is 5.10 Å². The molecule has 1 aromatic heterocycles. The van der Waals surface area contributed by atoms with Gasteiger partial charge in [0.15, 0.2) is 0 Å². The van der Waals surface area contributed by atoms with Crippen molar-refractivity contribution in [2.24, 2.45) is 13.0 Å². The monoisotopic (exact) mass is 377 g/mol. The molecule has 0 spiro atoms. The van der Waals surface area contributed by atoms with Gasteiger partial charge in [0.05, 0.1) is 29.7 Å². The van der Waals surface area contributed by atoms with E-state index in [1.165, 1.54) is 0 Å². The molecule has 9 heteroatoms. The van der Waals surface area contributed by atoms with Crippen molar-refractivity contribution in [1.29, 1.82) is 0 Å². The van der Waals surface area contributed by atoms with Crippen LogP contribution in [-0.2, 0) is 21.9 Å². The predicted molar refractivity (Wildman–Crippen MR) is 101 cm³/mol. The average molecular weight is 377 g/mol. The van der Waals surface area contributed by atoms with Gasteiger partial charge in [-0.15, -0.1) is 0 Å². The van der Waals surface area contributed by atoms with Gasteiger partial charge in [0.2, 0.25) is 15.9 Å². The molecule has 0 radical (unpaired) electrons. The average Bonchev–Trinajstić information content (AvgIpc) is 3.17. The minimum Gasteiger partial charge on any atom is -0.324 e. The van der Waals surface area contributed by atoms with Gasteiger partial charge in [-0.05, 0) is 30.2 Å². The number of amides is 1. The summed E-state index contributed by atoms with van der Waals surface area (Å²) in [5.74, 6) is -0.378. The number of nitrogens with zero attached hydrogens (tertiary/aromatic N) is 2. The zero-order valence-corrected chi connectivity index (χ0v) is 15.8. The van der Waals surface area contributed by atoms with E-state index in [-0.39, 0.29) is 17.7 Å². The van der Waals surface area contributed by atoms with Crippen molar-refractivity contribution >= 4 is 27.3 Å². The van der Waals surface area contributed by atoms with Gasteiger partial charge in [-0.25, -0.2) is 8.42 Å². The molecule has 1 saturated heterocycles. The molecule has 3 rings (SSSR count). The number of rotatable bonds is 5. The van der Waals surface area contributed by atoms with Crippen molar-refractivity contribution in [2.45, 2.75) is 12.8 Å². The third kappa shape index (κ3) is 4.23. The largest absolute Gasteiger partial charge is 0.324 e. The number of aryl methyl sites for hydroxylation is 2. The normalized spacial score (nSPS) is 20.1. The molecule has 26 heavy (non-hydrogen) atoms. The zero-order valence-electron chi connectivity index (χ0n) is 15.0. The van der Waals surface area contributed by atoms with E-state index < -0.39 is 10.0 Å². The second-order valence-electron chi connectivity index (χ2n) is 6.73. The van der Waals surface area contributed by atoms with Crippen molar-refractivity contribution in [2.75, 3.05) is 29.4 Å². The Hall–Kier alpha value is -2.39. The van der Waals surface area contributed by atoms with Crippen LogP contribution in [0.1, 0.15) is 17.0 Å². The predicted octanol–water partition coefficient (Wildman–Crippen LogP) is 1.04. The SMILES string of the molecule is Cc1ccc(NS(C)(=O)=O)c(NC(=O)[C@H]2CNC[C@@H]2c2cnn(C)c2)c1. The quantitative estimate of drug-likeness (QED) is 0.722. The summed E-state index contributed by atoms with van der Waals surface area (Å²) >= 11 is 0. The third-order valence-corrected chi connectivity index (χ3v) is 5.02. The summed E-state index contributed by atoms with van der Waals surface area (Å²) in [6.45, 7) is 3.15. The fourth-order valence-corrected chi connectivity index (χ4v) is 3.79. The molecule has 0 unspecified atom stereocenters. The second kappa shape index (κ2) is 7.08. The lowest BCUT2D eigenvalue weighted by molar-refractivity contribution is -0.119. The molecule has 1 aliphatic rings. The van der Waals surface area contributed by atoms with Gasteiger partial charge < -0.3 is 10.6 Å². The van der Waals surface area contributed by atoms with Crippen LogP contribution in [0.5, 0.6) is 0 Å². The van der Waals surface area contributed by atoms with Gasteiger partial charge in [-0.3, -0.25) is 14.2 Å². The van der Waals surface area contributed by atoms with E-state index in [0.717, 1.165) is 17.4 Å².